The molecule has 0 aliphatic heterocycles. The first-order valence-corrected chi connectivity index (χ1v) is 7.34. The number of halogens is 1. The number of nitrogens with zero attached hydrogens (tertiary/aromatic N) is 3. The Morgan fingerprint density at radius 3 is 1.85 bits per heavy atom. The van der Waals surface area contributed by atoms with E-state index in [0.717, 1.165) is 11.1 Å². The second-order valence-corrected chi connectivity index (χ2v) is 5.45. The second kappa shape index (κ2) is 5.66. The number of aromatic nitrogens is 3. The lowest BCUT2D eigenvalue weighted by molar-refractivity contribution is 1.02. The summed E-state index contributed by atoms with van der Waals surface area (Å²) in [7, 11) is 0. The topological polar surface area (TPSA) is 38.7 Å². The Balaban J connectivity index is 2.09. The fourth-order valence-electron chi connectivity index (χ4n) is 1.90. The van der Waals surface area contributed by atoms with Gasteiger partial charge in [-0.15, -0.1) is 0 Å². The first kappa shape index (κ1) is 13.2. The lowest BCUT2D eigenvalue weighted by Gasteiger charge is -2.05. The Labute approximate surface area is 131 Å². The Bertz CT molecular complexity index is 724. The average molecular weight is 373 g/mol. The molecule has 3 rings (SSSR count). The van der Waals surface area contributed by atoms with Gasteiger partial charge in [0.1, 0.15) is 0 Å². The largest absolute Gasteiger partial charge is 0.208 e. The van der Waals surface area contributed by atoms with Crippen molar-refractivity contribution >= 4 is 22.6 Å². The van der Waals surface area contributed by atoms with E-state index in [1.165, 1.54) is 5.56 Å². The average Bonchev–Trinajstić information content (AvgIpc) is 2.48. The van der Waals surface area contributed by atoms with E-state index in [1.54, 1.807) is 0 Å². The van der Waals surface area contributed by atoms with Crippen molar-refractivity contribution in [3.05, 3.63) is 64.0 Å². The summed E-state index contributed by atoms with van der Waals surface area (Å²) in [5, 5.41) is 0. The van der Waals surface area contributed by atoms with Crippen molar-refractivity contribution in [1.82, 2.24) is 15.0 Å². The molecule has 0 atom stereocenters. The maximum absolute atomic E-state index is 4.58. The van der Waals surface area contributed by atoms with Crippen LogP contribution in [-0.4, -0.2) is 15.0 Å². The monoisotopic (exact) mass is 373 g/mol. The standard InChI is InChI=1S/C16H12IN3/c1-11-7-9-13(10-8-11)15-18-14(19-16(17)20-15)12-5-3-2-4-6-12/h2-10H,1H3. The molecule has 0 radical (unpaired) electrons. The van der Waals surface area contributed by atoms with E-state index in [1.807, 2.05) is 42.5 Å². The molecule has 0 saturated heterocycles. The van der Waals surface area contributed by atoms with Gasteiger partial charge in [0.05, 0.1) is 0 Å². The summed E-state index contributed by atoms with van der Waals surface area (Å²) in [5.41, 5.74) is 3.23. The molecule has 0 unspecified atom stereocenters. The number of benzene rings is 2. The molecule has 1 heterocycles. The molecule has 3 aromatic rings. The van der Waals surface area contributed by atoms with Gasteiger partial charge in [0.15, 0.2) is 15.5 Å². The predicted octanol–water partition coefficient (Wildman–Crippen LogP) is 4.12. The molecule has 0 saturated carbocycles. The summed E-state index contributed by atoms with van der Waals surface area (Å²) in [4.78, 5) is 13.4. The van der Waals surface area contributed by atoms with E-state index in [4.69, 9.17) is 0 Å². The number of aryl methyl sites for hydroxylation is 1. The van der Waals surface area contributed by atoms with Gasteiger partial charge in [-0.05, 0) is 6.92 Å². The van der Waals surface area contributed by atoms with Crippen LogP contribution in [-0.2, 0) is 0 Å². The molecule has 0 aliphatic carbocycles. The van der Waals surface area contributed by atoms with Crippen molar-refractivity contribution in [1.29, 1.82) is 0 Å². The third-order valence-corrected chi connectivity index (χ3v) is 3.43. The van der Waals surface area contributed by atoms with E-state index in [-0.39, 0.29) is 0 Å². The maximum atomic E-state index is 4.58. The molecule has 4 heteroatoms. The van der Waals surface area contributed by atoms with Gasteiger partial charge in [0.25, 0.3) is 0 Å². The molecule has 20 heavy (non-hydrogen) atoms. The van der Waals surface area contributed by atoms with Gasteiger partial charge < -0.3 is 0 Å². The molecular formula is C16H12IN3. The summed E-state index contributed by atoms with van der Waals surface area (Å²) >= 11 is 2.13. The Morgan fingerprint density at radius 1 is 0.700 bits per heavy atom. The van der Waals surface area contributed by atoms with Crippen LogP contribution in [0.1, 0.15) is 5.56 Å². The van der Waals surface area contributed by atoms with E-state index in [2.05, 4.69) is 56.6 Å². The van der Waals surface area contributed by atoms with Crippen molar-refractivity contribution in [2.45, 2.75) is 6.92 Å². The van der Waals surface area contributed by atoms with E-state index >= 15 is 0 Å². The fourth-order valence-corrected chi connectivity index (χ4v) is 2.36. The van der Waals surface area contributed by atoms with Gasteiger partial charge >= 0.3 is 0 Å². The lowest BCUT2D eigenvalue weighted by Crippen LogP contribution is -1.99. The zero-order valence-electron chi connectivity index (χ0n) is 10.9. The summed E-state index contributed by atoms with van der Waals surface area (Å²) < 4.78 is 0.701. The van der Waals surface area contributed by atoms with Crippen LogP contribution in [0.15, 0.2) is 54.6 Å². The fraction of sp³-hybridized carbons (Fsp3) is 0.0625. The molecule has 1 aromatic heterocycles. The second-order valence-electron chi connectivity index (χ2n) is 4.48. The van der Waals surface area contributed by atoms with Gasteiger partial charge in [-0.25, -0.2) is 15.0 Å². The van der Waals surface area contributed by atoms with Crippen molar-refractivity contribution in [2.24, 2.45) is 0 Å². The van der Waals surface area contributed by atoms with Crippen LogP contribution in [0.5, 0.6) is 0 Å². The van der Waals surface area contributed by atoms with E-state index < -0.39 is 0 Å². The zero-order valence-corrected chi connectivity index (χ0v) is 13.1. The lowest BCUT2D eigenvalue weighted by atomic mass is 10.1. The highest BCUT2D eigenvalue weighted by Gasteiger charge is 2.08. The van der Waals surface area contributed by atoms with Crippen molar-refractivity contribution in [2.75, 3.05) is 0 Å². The summed E-state index contributed by atoms with van der Waals surface area (Å²) in [6.07, 6.45) is 0. The smallest absolute Gasteiger partial charge is 0.194 e. The highest BCUT2D eigenvalue weighted by Crippen LogP contribution is 2.20. The third-order valence-electron chi connectivity index (χ3n) is 2.95. The van der Waals surface area contributed by atoms with E-state index in [0.29, 0.717) is 15.5 Å². The first-order chi connectivity index (χ1) is 9.72. The maximum Gasteiger partial charge on any atom is 0.194 e. The van der Waals surface area contributed by atoms with Gasteiger partial charge in [0.2, 0.25) is 0 Å². The highest BCUT2D eigenvalue weighted by molar-refractivity contribution is 14.1. The molecule has 0 amide bonds. The Hall–Kier alpha value is -1.82. The summed E-state index contributed by atoms with van der Waals surface area (Å²) in [6, 6.07) is 18.2. The van der Waals surface area contributed by atoms with Crippen LogP contribution >= 0.6 is 22.6 Å². The molecule has 0 aliphatic rings. The minimum atomic E-state index is 0.701. The summed E-state index contributed by atoms with van der Waals surface area (Å²) in [6.45, 7) is 2.07. The number of hydrogen-bond donors (Lipinski definition) is 0. The molecule has 0 N–H and O–H groups in total. The Kier molecular flexibility index (Phi) is 3.73. The van der Waals surface area contributed by atoms with Gasteiger partial charge in [-0.2, -0.15) is 0 Å². The normalized spacial score (nSPS) is 10.5. The van der Waals surface area contributed by atoms with Crippen LogP contribution in [0.3, 0.4) is 0 Å². The minimum Gasteiger partial charge on any atom is -0.208 e. The molecule has 0 fully saturated rings. The molecule has 0 spiro atoms. The number of rotatable bonds is 2. The van der Waals surface area contributed by atoms with Gasteiger partial charge in [-0.1, -0.05) is 60.2 Å². The highest BCUT2D eigenvalue weighted by atomic mass is 127. The van der Waals surface area contributed by atoms with Crippen molar-refractivity contribution < 1.29 is 0 Å². The Morgan fingerprint density at radius 2 is 1.25 bits per heavy atom. The minimum absolute atomic E-state index is 0.701. The van der Waals surface area contributed by atoms with Crippen molar-refractivity contribution in [3.8, 4) is 22.8 Å². The first-order valence-electron chi connectivity index (χ1n) is 6.26. The quantitative estimate of drug-likeness (QED) is 0.635. The van der Waals surface area contributed by atoms with Gasteiger partial charge in [0, 0.05) is 33.7 Å². The third kappa shape index (κ3) is 2.85. The van der Waals surface area contributed by atoms with Gasteiger partial charge in [-0.3, -0.25) is 0 Å². The van der Waals surface area contributed by atoms with E-state index in [9.17, 15) is 0 Å². The molecule has 2 aromatic carbocycles. The predicted molar refractivity (Wildman–Crippen MR) is 88.2 cm³/mol. The zero-order chi connectivity index (χ0) is 13.9. The van der Waals surface area contributed by atoms with Crippen LogP contribution < -0.4 is 0 Å². The molecule has 3 nitrogen and oxygen atoms in total. The molecular weight excluding hydrogens is 361 g/mol. The van der Waals surface area contributed by atoms with Crippen LogP contribution in [0, 0.1) is 10.8 Å². The SMILES string of the molecule is Cc1ccc(-c2nc(I)nc(-c3ccccc3)n2)cc1. The van der Waals surface area contributed by atoms with Crippen LogP contribution in [0.2, 0.25) is 0 Å². The van der Waals surface area contributed by atoms with Crippen LogP contribution in [0.25, 0.3) is 22.8 Å². The molecule has 0 bridgehead atoms. The molecule has 98 valence electrons. The van der Waals surface area contributed by atoms with Crippen LogP contribution in [0.4, 0.5) is 0 Å². The summed E-state index contributed by atoms with van der Waals surface area (Å²) in [5.74, 6) is 1.42. The number of hydrogen-bond acceptors (Lipinski definition) is 3. The van der Waals surface area contributed by atoms with Crippen molar-refractivity contribution in [3.63, 3.8) is 0 Å².